The summed E-state index contributed by atoms with van der Waals surface area (Å²) in [5.74, 6) is -1.40. The normalized spacial score (nSPS) is 9.54. The van der Waals surface area contributed by atoms with Gasteiger partial charge >= 0.3 is 11.9 Å². The highest BCUT2D eigenvalue weighted by atomic mass is 16.7. The van der Waals surface area contributed by atoms with Gasteiger partial charge in [-0.2, -0.15) is 0 Å². The molecule has 0 aliphatic carbocycles. The Balaban J connectivity index is 4.10. The van der Waals surface area contributed by atoms with Crippen LogP contribution in [0, 0.1) is 0 Å². The SMILES string of the molecule is CC(=O)CC(OC(C)=O)OC(C)=O. The minimum atomic E-state index is -1.09. The lowest BCUT2D eigenvalue weighted by atomic mass is 10.3. The van der Waals surface area contributed by atoms with E-state index in [1.807, 2.05) is 0 Å². The number of carbonyl (C=O) groups is 3. The van der Waals surface area contributed by atoms with Gasteiger partial charge < -0.3 is 9.47 Å². The lowest BCUT2D eigenvalue weighted by Crippen LogP contribution is -2.24. The molecule has 5 heteroatoms. The maximum absolute atomic E-state index is 10.6. The molecule has 0 aliphatic rings. The van der Waals surface area contributed by atoms with Gasteiger partial charge in [-0.3, -0.25) is 14.4 Å². The van der Waals surface area contributed by atoms with Gasteiger partial charge in [0.15, 0.2) is 0 Å². The van der Waals surface area contributed by atoms with Gasteiger partial charge in [-0.05, 0) is 6.92 Å². The topological polar surface area (TPSA) is 69.7 Å². The monoisotopic (exact) mass is 188 g/mol. The summed E-state index contributed by atoms with van der Waals surface area (Å²) in [5.41, 5.74) is 0. The van der Waals surface area contributed by atoms with Crippen molar-refractivity contribution in [3.05, 3.63) is 0 Å². The Morgan fingerprint density at radius 2 is 1.38 bits per heavy atom. The first-order chi connectivity index (χ1) is 5.91. The van der Waals surface area contributed by atoms with Crippen molar-refractivity contribution >= 4 is 17.7 Å². The van der Waals surface area contributed by atoms with E-state index in [0.29, 0.717) is 0 Å². The Morgan fingerprint density at radius 1 is 1.00 bits per heavy atom. The Hall–Kier alpha value is -1.39. The zero-order chi connectivity index (χ0) is 10.4. The van der Waals surface area contributed by atoms with E-state index < -0.39 is 18.2 Å². The lowest BCUT2D eigenvalue weighted by Gasteiger charge is -2.14. The number of hydrogen-bond acceptors (Lipinski definition) is 5. The van der Waals surface area contributed by atoms with Gasteiger partial charge in [0.25, 0.3) is 6.29 Å². The molecule has 74 valence electrons. The average Bonchev–Trinajstić information content (AvgIpc) is 1.80. The van der Waals surface area contributed by atoms with Crippen LogP contribution in [0.25, 0.3) is 0 Å². The average molecular weight is 188 g/mol. The zero-order valence-electron chi connectivity index (χ0n) is 7.83. The van der Waals surface area contributed by atoms with Crippen LogP contribution in [0.4, 0.5) is 0 Å². The summed E-state index contributed by atoms with van der Waals surface area (Å²) in [6, 6.07) is 0. The van der Waals surface area contributed by atoms with Crippen molar-refractivity contribution < 1.29 is 23.9 Å². The molecule has 0 aromatic carbocycles. The van der Waals surface area contributed by atoms with Gasteiger partial charge in [0.2, 0.25) is 0 Å². The molecule has 0 bridgehead atoms. The molecule has 0 unspecified atom stereocenters. The van der Waals surface area contributed by atoms with Crippen LogP contribution in [-0.4, -0.2) is 24.0 Å². The third-order valence-corrected chi connectivity index (χ3v) is 1.05. The number of carbonyl (C=O) groups excluding carboxylic acids is 3. The molecule has 0 aliphatic heterocycles. The van der Waals surface area contributed by atoms with Crippen molar-refractivity contribution in [1.82, 2.24) is 0 Å². The van der Waals surface area contributed by atoms with E-state index in [-0.39, 0.29) is 12.2 Å². The Morgan fingerprint density at radius 3 is 1.62 bits per heavy atom. The number of ether oxygens (including phenoxy) is 2. The number of hydrogen-bond donors (Lipinski definition) is 0. The van der Waals surface area contributed by atoms with Gasteiger partial charge in [-0.25, -0.2) is 0 Å². The van der Waals surface area contributed by atoms with Crippen molar-refractivity contribution in [1.29, 1.82) is 0 Å². The van der Waals surface area contributed by atoms with Crippen LogP contribution in [0.3, 0.4) is 0 Å². The van der Waals surface area contributed by atoms with Crippen molar-refractivity contribution in [3.63, 3.8) is 0 Å². The second kappa shape index (κ2) is 5.29. The van der Waals surface area contributed by atoms with Crippen LogP contribution in [0.1, 0.15) is 27.2 Å². The summed E-state index contributed by atoms with van der Waals surface area (Å²) < 4.78 is 9.14. The highest BCUT2D eigenvalue weighted by molar-refractivity contribution is 5.77. The summed E-state index contributed by atoms with van der Waals surface area (Å²) in [5, 5.41) is 0. The molecule has 0 spiro atoms. The standard InChI is InChI=1S/C8H12O5/c1-5(9)4-8(12-6(2)10)13-7(3)11/h8H,4H2,1-3H3. The van der Waals surface area contributed by atoms with E-state index in [1.165, 1.54) is 20.8 Å². The highest BCUT2D eigenvalue weighted by Crippen LogP contribution is 2.02. The molecule has 0 atom stereocenters. The summed E-state index contributed by atoms with van der Waals surface area (Å²) in [6.07, 6.45) is -1.20. The molecule has 0 heterocycles. The molecule has 0 rings (SSSR count). The number of rotatable bonds is 4. The van der Waals surface area contributed by atoms with E-state index in [9.17, 15) is 14.4 Å². The second-order valence-electron chi connectivity index (χ2n) is 2.55. The third-order valence-electron chi connectivity index (χ3n) is 1.05. The first kappa shape index (κ1) is 11.6. The summed E-state index contributed by atoms with van der Waals surface area (Å²) in [4.78, 5) is 31.6. The van der Waals surface area contributed by atoms with Gasteiger partial charge in [0.1, 0.15) is 5.78 Å². The molecule has 0 aromatic heterocycles. The maximum atomic E-state index is 10.6. The molecule has 0 amide bonds. The van der Waals surface area contributed by atoms with E-state index in [1.54, 1.807) is 0 Å². The molecule has 0 saturated carbocycles. The second-order valence-corrected chi connectivity index (χ2v) is 2.55. The van der Waals surface area contributed by atoms with Gasteiger partial charge in [0, 0.05) is 13.8 Å². The molecule has 5 nitrogen and oxygen atoms in total. The van der Waals surface area contributed by atoms with E-state index in [2.05, 4.69) is 9.47 Å². The summed E-state index contributed by atoms with van der Waals surface area (Å²) in [6.45, 7) is 3.67. The fourth-order valence-electron chi connectivity index (χ4n) is 0.712. The van der Waals surface area contributed by atoms with Crippen molar-refractivity contribution in [3.8, 4) is 0 Å². The van der Waals surface area contributed by atoms with Crippen LogP contribution < -0.4 is 0 Å². The first-order valence-corrected chi connectivity index (χ1v) is 3.75. The summed E-state index contributed by atoms with van der Waals surface area (Å²) in [7, 11) is 0. The predicted octanol–water partition coefficient (Wildman–Crippen LogP) is 0.418. The van der Waals surface area contributed by atoms with Crippen LogP contribution in [0.2, 0.25) is 0 Å². The molecule has 0 N–H and O–H groups in total. The quantitative estimate of drug-likeness (QED) is 0.472. The highest BCUT2D eigenvalue weighted by Gasteiger charge is 2.16. The number of ketones is 1. The van der Waals surface area contributed by atoms with E-state index >= 15 is 0 Å². The van der Waals surface area contributed by atoms with E-state index in [4.69, 9.17) is 0 Å². The molecular weight excluding hydrogens is 176 g/mol. The minimum Gasteiger partial charge on any atom is -0.425 e. The lowest BCUT2D eigenvalue weighted by molar-refractivity contribution is -0.185. The van der Waals surface area contributed by atoms with Crippen LogP contribution in [0.15, 0.2) is 0 Å². The van der Waals surface area contributed by atoms with Gasteiger partial charge in [-0.15, -0.1) is 0 Å². The molecular formula is C8H12O5. The molecule has 0 aromatic rings. The molecule has 0 saturated heterocycles. The fraction of sp³-hybridized carbons (Fsp3) is 0.625. The number of Topliss-reactive ketones (excluding diaryl/α,β-unsaturated/α-hetero) is 1. The summed E-state index contributed by atoms with van der Waals surface area (Å²) >= 11 is 0. The Kier molecular flexibility index (Phi) is 4.72. The Bertz CT molecular complexity index is 183. The third kappa shape index (κ3) is 6.99. The molecule has 0 radical (unpaired) electrons. The van der Waals surface area contributed by atoms with Crippen LogP contribution in [0.5, 0.6) is 0 Å². The predicted molar refractivity (Wildman–Crippen MR) is 42.6 cm³/mol. The Labute approximate surface area is 76.0 Å². The van der Waals surface area contributed by atoms with Crippen LogP contribution in [-0.2, 0) is 23.9 Å². The van der Waals surface area contributed by atoms with Gasteiger partial charge in [0.05, 0.1) is 6.42 Å². The molecule has 13 heavy (non-hydrogen) atoms. The smallest absolute Gasteiger partial charge is 0.305 e. The molecule has 0 fully saturated rings. The van der Waals surface area contributed by atoms with Crippen molar-refractivity contribution in [2.75, 3.05) is 0 Å². The first-order valence-electron chi connectivity index (χ1n) is 3.75. The largest absolute Gasteiger partial charge is 0.425 e. The zero-order valence-corrected chi connectivity index (χ0v) is 7.83. The minimum absolute atomic E-state index is 0.112. The maximum Gasteiger partial charge on any atom is 0.305 e. The van der Waals surface area contributed by atoms with Gasteiger partial charge in [-0.1, -0.05) is 0 Å². The van der Waals surface area contributed by atoms with Crippen LogP contribution >= 0.6 is 0 Å². The fourth-order valence-corrected chi connectivity index (χ4v) is 0.712. The van der Waals surface area contributed by atoms with Crippen molar-refractivity contribution in [2.24, 2.45) is 0 Å². The van der Waals surface area contributed by atoms with Crippen molar-refractivity contribution in [2.45, 2.75) is 33.5 Å². The number of esters is 2. The van der Waals surface area contributed by atoms with E-state index in [0.717, 1.165) is 0 Å².